The van der Waals surface area contributed by atoms with Gasteiger partial charge in [0.15, 0.2) is 10.1 Å². The maximum Gasteiger partial charge on any atom is 0.485 e. The predicted octanol–water partition coefficient (Wildman–Crippen LogP) is 4.41. The van der Waals surface area contributed by atoms with E-state index in [0.717, 1.165) is 5.75 Å². The summed E-state index contributed by atoms with van der Waals surface area (Å²) in [6.07, 6.45) is 0. The number of rotatable bonds is 4. The first kappa shape index (κ1) is 25.8. The lowest BCUT2D eigenvalue weighted by Crippen LogP contribution is -2.23. The topological polar surface area (TPSA) is 66.4 Å². The standard InChI is InChI=1S/C22H23OP.CHF3O3S/c1-22(2,3)23-18-14-16-21(17-15-18)24(19-10-6-4-7-11-19)20-12-8-5-9-13-20;2-1(3,4)8(5,6)7/h4-17H,1-3H3;(H,5,6,7). The monoisotopic (exact) mass is 484 g/mol. The highest BCUT2D eigenvalue weighted by Crippen LogP contribution is 2.33. The molecule has 4 nitrogen and oxygen atoms in total. The van der Waals surface area contributed by atoms with Crippen LogP contribution in [-0.2, 0) is 10.1 Å². The van der Waals surface area contributed by atoms with Gasteiger partial charge in [0, 0.05) is 0 Å². The Morgan fingerprint density at radius 1 is 0.719 bits per heavy atom. The molecule has 9 heteroatoms. The van der Waals surface area contributed by atoms with E-state index in [9.17, 15) is 13.2 Å². The van der Waals surface area contributed by atoms with Crippen LogP contribution in [0, 0.1) is 0 Å². The molecule has 0 atom stereocenters. The summed E-state index contributed by atoms with van der Waals surface area (Å²) in [6.45, 7) is 6.22. The van der Waals surface area contributed by atoms with Gasteiger partial charge in [-0.05, 0) is 69.3 Å². The Bertz CT molecular complexity index is 1040. The van der Waals surface area contributed by atoms with Crippen LogP contribution in [0.4, 0.5) is 13.2 Å². The molecule has 172 valence electrons. The molecule has 0 saturated carbocycles. The van der Waals surface area contributed by atoms with Crippen LogP contribution in [0.25, 0.3) is 0 Å². The zero-order valence-electron chi connectivity index (χ0n) is 17.8. The second kappa shape index (κ2) is 10.5. The fourth-order valence-corrected chi connectivity index (χ4v) is 5.30. The van der Waals surface area contributed by atoms with Crippen molar-refractivity contribution in [3.05, 3.63) is 84.9 Å². The van der Waals surface area contributed by atoms with Crippen molar-refractivity contribution >= 4 is 34.0 Å². The van der Waals surface area contributed by atoms with E-state index in [1.54, 1.807) is 0 Å². The Morgan fingerprint density at radius 2 is 1.06 bits per heavy atom. The summed E-state index contributed by atoms with van der Waals surface area (Å²) in [5.74, 6) is 0.925. The molecule has 0 heterocycles. The van der Waals surface area contributed by atoms with Crippen molar-refractivity contribution in [3.8, 4) is 5.75 Å². The van der Waals surface area contributed by atoms with Crippen LogP contribution in [0.5, 0.6) is 5.75 Å². The van der Waals surface area contributed by atoms with Crippen molar-refractivity contribution in [2.75, 3.05) is 0 Å². The maximum atomic E-state index is 10.7. The number of benzene rings is 3. The van der Waals surface area contributed by atoms with Crippen LogP contribution < -0.4 is 20.7 Å². The molecule has 0 N–H and O–H groups in total. The minimum atomic E-state index is -6.09. The van der Waals surface area contributed by atoms with Crippen LogP contribution in [0.15, 0.2) is 84.9 Å². The highest BCUT2D eigenvalue weighted by molar-refractivity contribution is 7.86. The molecule has 0 aliphatic rings. The molecule has 0 fully saturated rings. The third-order valence-electron chi connectivity index (χ3n) is 3.98. The first-order chi connectivity index (χ1) is 14.8. The minimum absolute atomic E-state index is 0.172. The summed E-state index contributed by atoms with van der Waals surface area (Å²) in [5.41, 5.74) is -5.82. The zero-order valence-corrected chi connectivity index (χ0v) is 19.6. The van der Waals surface area contributed by atoms with Gasteiger partial charge in [-0.25, -0.2) is 8.42 Å². The normalized spacial score (nSPS) is 12.1. The van der Waals surface area contributed by atoms with E-state index >= 15 is 0 Å². The van der Waals surface area contributed by atoms with Gasteiger partial charge in [0.05, 0.1) is 7.92 Å². The van der Waals surface area contributed by atoms with Crippen LogP contribution in [0.3, 0.4) is 0 Å². The molecule has 0 radical (unpaired) electrons. The molecule has 0 unspecified atom stereocenters. The van der Waals surface area contributed by atoms with E-state index < -0.39 is 23.5 Å². The van der Waals surface area contributed by atoms with Crippen LogP contribution >= 0.6 is 7.92 Å². The Labute approximate surface area is 187 Å². The van der Waals surface area contributed by atoms with Gasteiger partial charge >= 0.3 is 5.51 Å². The smallest absolute Gasteiger partial charge is 0.485 e. The molecule has 0 aromatic heterocycles. The van der Waals surface area contributed by atoms with Gasteiger partial charge in [-0.15, -0.1) is 0 Å². The SMILES string of the molecule is CC(C)(C)Oc1ccc([PH+](c2ccccc2)c2ccccc2)cc1.O=S(=O)([O-])C(F)(F)F. The van der Waals surface area contributed by atoms with Gasteiger partial charge in [0.2, 0.25) is 0 Å². The quantitative estimate of drug-likeness (QED) is 0.313. The van der Waals surface area contributed by atoms with Gasteiger partial charge in [-0.2, -0.15) is 13.2 Å². The number of hydrogen-bond donors (Lipinski definition) is 0. The van der Waals surface area contributed by atoms with Crippen molar-refractivity contribution in [1.82, 2.24) is 0 Å². The summed E-state index contributed by atoms with van der Waals surface area (Å²) in [6, 6.07) is 30.2. The highest BCUT2D eigenvalue weighted by atomic mass is 32.2. The third kappa shape index (κ3) is 7.93. The lowest BCUT2D eigenvalue weighted by molar-refractivity contribution is -0.0517. The van der Waals surface area contributed by atoms with Gasteiger partial charge in [0.1, 0.15) is 27.3 Å². The Balaban J connectivity index is 0.000000390. The van der Waals surface area contributed by atoms with E-state index in [2.05, 4.69) is 106 Å². The molecule has 0 spiro atoms. The Hall–Kier alpha value is -2.41. The average Bonchev–Trinajstić information content (AvgIpc) is 2.69. The summed E-state index contributed by atoms with van der Waals surface area (Å²) in [7, 11) is -7.08. The minimum Gasteiger partial charge on any atom is -0.741 e. The molecule has 0 amide bonds. The molecule has 3 aromatic carbocycles. The third-order valence-corrected chi connectivity index (χ3v) is 7.27. The second-order valence-electron chi connectivity index (χ2n) is 7.75. The molecule has 3 aromatic rings. The van der Waals surface area contributed by atoms with Crippen molar-refractivity contribution in [1.29, 1.82) is 0 Å². The number of halogens is 3. The maximum absolute atomic E-state index is 10.7. The van der Waals surface area contributed by atoms with Crippen molar-refractivity contribution in [3.63, 3.8) is 0 Å². The summed E-state index contributed by atoms with van der Waals surface area (Å²) in [5, 5.41) is 4.18. The van der Waals surface area contributed by atoms with E-state index in [4.69, 9.17) is 17.7 Å². The first-order valence-corrected chi connectivity index (χ1v) is 12.5. The Kier molecular flexibility index (Phi) is 8.46. The summed E-state index contributed by atoms with van der Waals surface area (Å²) >= 11 is 0. The molecule has 0 aliphatic heterocycles. The lowest BCUT2D eigenvalue weighted by atomic mass is 10.2. The summed E-state index contributed by atoms with van der Waals surface area (Å²) in [4.78, 5) is 0. The number of hydrogen-bond acceptors (Lipinski definition) is 4. The van der Waals surface area contributed by atoms with Gasteiger partial charge in [-0.1, -0.05) is 36.4 Å². The van der Waals surface area contributed by atoms with Gasteiger partial charge < -0.3 is 9.29 Å². The van der Waals surface area contributed by atoms with Gasteiger partial charge in [0.25, 0.3) is 0 Å². The van der Waals surface area contributed by atoms with Crippen LogP contribution in [0.1, 0.15) is 20.8 Å². The fourth-order valence-electron chi connectivity index (χ4n) is 2.75. The van der Waals surface area contributed by atoms with E-state index in [1.807, 2.05) is 0 Å². The van der Waals surface area contributed by atoms with E-state index in [1.165, 1.54) is 15.9 Å². The largest absolute Gasteiger partial charge is 0.741 e. The highest BCUT2D eigenvalue weighted by Gasteiger charge is 2.36. The molecule has 32 heavy (non-hydrogen) atoms. The van der Waals surface area contributed by atoms with Crippen LogP contribution in [-0.4, -0.2) is 24.1 Å². The van der Waals surface area contributed by atoms with Gasteiger partial charge in [-0.3, -0.25) is 0 Å². The van der Waals surface area contributed by atoms with Crippen molar-refractivity contribution in [2.45, 2.75) is 31.9 Å². The molecular formula is C23H24F3O4PS. The van der Waals surface area contributed by atoms with Crippen LogP contribution in [0.2, 0.25) is 0 Å². The zero-order chi connectivity index (χ0) is 24.0. The Morgan fingerprint density at radius 3 is 1.38 bits per heavy atom. The number of ether oxygens (including phenoxy) is 1. The molecule has 0 aliphatic carbocycles. The number of alkyl halides is 3. The first-order valence-electron chi connectivity index (χ1n) is 9.57. The summed E-state index contributed by atoms with van der Waals surface area (Å²) < 4.78 is 64.9. The fraction of sp³-hybridized carbons (Fsp3) is 0.217. The molecule has 0 bridgehead atoms. The van der Waals surface area contributed by atoms with E-state index in [-0.39, 0.29) is 5.60 Å². The van der Waals surface area contributed by atoms with Crippen molar-refractivity contribution in [2.24, 2.45) is 0 Å². The molecule has 3 rings (SSSR count). The molecular weight excluding hydrogens is 460 g/mol. The lowest BCUT2D eigenvalue weighted by Gasteiger charge is -2.21. The average molecular weight is 484 g/mol. The second-order valence-corrected chi connectivity index (χ2v) is 11.6. The predicted molar refractivity (Wildman–Crippen MR) is 123 cm³/mol. The van der Waals surface area contributed by atoms with E-state index in [0.29, 0.717) is 0 Å². The molecule has 0 saturated heterocycles. The van der Waals surface area contributed by atoms with Crippen molar-refractivity contribution < 1.29 is 30.9 Å².